The molecule has 0 saturated carbocycles. The van der Waals surface area contributed by atoms with Gasteiger partial charge < -0.3 is 9.73 Å². The highest BCUT2D eigenvalue weighted by molar-refractivity contribution is 5.59. The normalized spacial score (nSPS) is 24.2. The topological polar surface area (TPSA) is 55.4 Å². The Labute approximate surface area is 115 Å². The maximum atomic E-state index is 5.43. The molecule has 0 aromatic carbocycles. The van der Waals surface area contributed by atoms with Gasteiger partial charge in [-0.2, -0.15) is 5.10 Å². The summed E-state index contributed by atoms with van der Waals surface area (Å²) in [6, 6.07) is 6.85. The number of nitrogens with zero attached hydrogens (tertiary/aromatic N) is 3. The minimum Gasteiger partial charge on any atom is -0.463 e. The molecule has 100 valence electrons. The molecule has 5 nitrogen and oxygen atoms in total. The molecule has 2 atom stereocenters. The van der Waals surface area contributed by atoms with Crippen LogP contribution in [0.5, 0.6) is 0 Å². The van der Waals surface area contributed by atoms with E-state index in [1.54, 1.807) is 6.26 Å². The van der Waals surface area contributed by atoms with Crippen LogP contribution < -0.4 is 5.32 Å². The van der Waals surface area contributed by atoms with Gasteiger partial charge in [-0.3, -0.25) is 0 Å². The molecule has 1 N–H and O–H groups in total. The van der Waals surface area contributed by atoms with Gasteiger partial charge in [0.2, 0.25) is 0 Å². The van der Waals surface area contributed by atoms with Crippen LogP contribution in [0.4, 0.5) is 0 Å². The summed E-state index contributed by atoms with van der Waals surface area (Å²) in [5, 5.41) is 8.34. The van der Waals surface area contributed by atoms with E-state index in [1.807, 2.05) is 28.9 Å². The first-order valence-corrected chi connectivity index (χ1v) is 7.06. The van der Waals surface area contributed by atoms with Crippen molar-refractivity contribution in [1.29, 1.82) is 0 Å². The number of furan rings is 1. The predicted octanol–water partition coefficient (Wildman–Crippen LogP) is 2.34. The molecule has 0 amide bonds. The first-order valence-electron chi connectivity index (χ1n) is 7.06. The van der Waals surface area contributed by atoms with Gasteiger partial charge in [-0.1, -0.05) is 0 Å². The second-order valence-electron chi connectivity index (χ2n) is 5.63. The van der Waals surface area contributed by atoms with E-state index in [2.05, 4.69) is 10.3 Å². The van der Waals surface area contributed by atoms with E-state index in [0.717, 1.165) is 23.5 Å². The lowest BCUT2D eigenvalue weighted by Crippen LogP contribution is -2.33. The van der Waals surface area contributed by atoms with Crippen molar-refractivity contribution >= 4 is 5.65 Å². The maximum Gasteiger partial charge on any atom is 0.155 e. The van der Waals surface area contributed by atoms with Crippen molar-refractivity contribution in [3.63, 3.8) is 0 Å². The molecule has 2 aliphatic rings. The summed E-state index contributed by atoms with van der Waals surface area (Å²) in [6.07, 6.45) is 7.16. The average molecular weight is 266 g/mol. The summed E-state index contributed by atoms with van der Waals surface area (Å²) >= 11 is 0. The Bertz CT molecular complexity index is 790. The van der Waals surface area contributed by atoms with E-state index < -0.39 is 0 Å². The lowest BCUT2D eigenvalue weighted by Gasteiger charge is -2.24. The Morgan fingerprint density at radius 3 is 3.25 bits per heavy atom. The number of nitrogens with one attached hydrogen (secondary N) is 1. The van der Waals surface area contributed by atoms with Crippen LogP contribution in [0.25, 0.3) is 17.1 Å². The number of hydrogen-bond donors (Lipinski definition) is 1. The Morgan fingerprint density at radius 2 is 2.35 bits per heavy atom. The molecule has 5 heterocycles. The molecule has 1 saturated heterocycles. The minimum atomic E-state index is 0.455. The molecule has 1 fully saturated rings. The standard InChI is InChI=1S/C15H14N4O/c1-2-14(20-5-1)12-7-15-16-8-10-11-4-3-9(17-11)6-13(10)19(15)18-12/h1-2,5,7-9,11,17H,3-4,6H2. The van der Waals surface area contributed by atoms with Crippen molar-refractivity contribution < 1.29 is 4.42 Å². The molecule has 20 heavy (non-hydrogen) atoms. The third-order valence-corrected chi connectivity index (χ3v) is 4.44. The molecule has 0 radical (unpaired) electrons. The fourth-order valence-electron chi connectivity index (χ4n) is 3.49. The van der Waals surface area contributed by atoms with Crippen molar-refractivity contribution in [2.75, 3.05) is 0 Å². The van der Waals surface area contributed by atoms with Crippen LogP contribution in [0.15, 0.2) is 35.1 Å². The highest BCUT2D eigenvalue weighted by Gasteiger charge is 2.34. The van der Waals surface area contributed by atoms with Crippen LogP contribution in [-0.4, -0.2) is 20.6 Å². The van der Waals surface area contributed by atoms with Gasteiger partial charge in [-0.25, -0.2) is 9.50 Å². The van der Waals surface area contributed by atoms with Crippen LogP contribution in [0.1, 0.15) is 30.1 Å². The Morgan fingerprint density at radius 1 is 1.35 bits per heavy atom. The van der Waals surface area contributed by atoms with Gasteiger partial charge in [0.05, 0.1) is 12.0 Å². The van der Waals surface area contributed by atoms with Gasteiger partial charge in [-0.05, 0) is 25.0 Å². The molecule has 3 aromatic heterocycles. The van der Waals surface area contributed by atoms with Crippen molar-refractivity contribution in [3.8, 4) is 11.5 Å². The summed E-state index contributed by atoms with van der Waals surface area (Å²) in [5.74, 6) is 0.793. The SMILES string of the molecule is c1coc(-c2cc3ncc4c(n3n2)CC2CCC4N2)c1. The molecule has 2 bridgehead atoms. The summed E-state index contributed by atoms with van der Waals surface area (Å²) in [6.45, 7) is 0. The zero-order valence-electron chi connectivity index (χ0n) is 10.9. The molecule has 5 rings (SSSR count). The summed E-state index contributed by atoms with van der Waals surface area (Å²) in [7, 11) is 0. The van der Waals surface area contributed by atoms with Crippen molar-refractivity contribution in [2.24, 2.45) is 0 Å². The minimum absolute atomic E-state index is 0.455. The Hall–Kier alpha value is -2.14. The van der Waals surface area contributed by atoms with E-state index in [-0.39, 0.29) is 0 Å². The smallest absolute Gasteiger partial charge is 0.155 e. The highest BCUT2D eigenvalue weighted by atomic mass is 16.3. The third-order valence-electron chi connectivity index (χ3n) is 4.44. The lowest BCUT2D eigenvalue weighted by atomic mass is 10.0. The van der Waals surface area contributed by atoms with Gasteiger partial charge in [0.1, 0.15) is 5.69 Å². The number of rotatable bonds is 1. The molecular weight excluding hydrogens is 252 g/mol. The molecule has 0 aliphatic carbocycles. The zero-order chi connectivity index (χ0) is 13.1. The molecular formula is C15H14N4O. The molecule has 2 unspecified atom stereocenters. The zero-order valence-corrected chi connectivity index (χ0v) is 10.9. The molecule has 3 aromatic rings. The monoisotopic (exact) mass is 266 g/mol. The van der Waals surface area contributed by atoms with Crippen LogP contribution in [0.2, 0.25) is 0 Å². The molecule has 5 heteroatoms. The van der Waals surface area contributed by atoms with E-state index in [0.29, 0.717) is 12.1 Å². The van der Waals surface area contributed by atoms with Crippen LogP contribution in [0, 0.1) is 0 Å². The third kappa shape index (κ3) is 1.35. The Kier molecular flexibility index (Phi) is 1.96. The lowest BCUT2D eigenvalue weighted by molar-refractivity contribution is 0.496. The van der Waals surface area contributed by atoms with Crippen LogP contribution in [0.3, 0.4) is 0 Å². The average Bonchev–Trinajstić information content (AvgIpc) is 3.16. The quantitative estimate of drug-likeness (QED) is 0.734. The number of hydrogen-bond acceptors (Lipinski definition) is 4. The van der Waals surface area contributed by atoms with Gasteiger partial charge in [-0.15, -0.1) is 0 Å². The maximum absolute atomic E-state index is 5.43. The fraction of sp³-hybridized carbons (Fsp3) is 0.333. The molecule has 2 aliphatic heterocycles. The number of aromatic nitrogens is 3. The van der Waals surface area contributed by atoms with E-state index in [4.69, 9.17) is 9.52 Å². The molecule has 0 spiro atoms. The first kappa shape index (κ1) is 10.6. The first-order chi connectivity index (χ1) is 9.88. The highest BCUT2D eigenvalue weighted by Crippen LogP contribution is 2.35. The summed E-state index contributed by atoms with van der Waals surface area (Å²) in [4.78, 5) is 4.56. The fourth-order valence-corrected chi connectivity index (χ4v) is 3.49. The van der Waals surface area contributed by atoms with Gasteiger partial charge in [0, 0.05) is 36.3 Å². The largest absolute Gasteiger partial charge is 0.463 e. The summed E-state index contributed by atoms with van der Waals surface area (Å²) < 4.78 is 7.43. The van der Waals surface area contributed by atoms with Gasteiger partial charge >= 0.3 is 0 Å². The predicted molar refractivity (Wildman–Crippen MR) is 73.3 cm³/mol. The summed E-state index contributed by atoms with van der Waals surface area (Å²) in [5.41, 5.74) is 4.36. The Balaban J connectivity index is 1.74. The van der Waals surface area contributed by atoms with Gasteiger partial charge in [0.25, 0.3) is 0 Å². The van der Waals surface area contributed by atoms with Crippen molar-refractivity contribution in [1.82, 2.24) is 19.9 Å². The van der Waals surface area contributed by atoms with Crippen LogP contribution in [-0.2, 0) is 6.42 Å². The number of fused-ring (bicyclic) bond motifs is 6. The van der Waals surface area contributed by atoms with E-state index in [9.17, 15) is 0 Å². The van der Waals surface area contributed by atoms with Crippen LogP contribution >= 0.6 is 0 Å². The van der Waals surface area contributed by atoms with Gasteiger partial charge in [0.15, 0.2) is 11.4 Å². The van der Waals surface area contributed by atoms with Crippen molar-refractivity contribution in [3.05, 3.63) is 41.9 Å². The van der Waals surface area contributed by atoms with E-state index >= 15 is 0 Å². The van der Waals surface area contributed by atoms with Crippen molar-refractivity contribution in [2.45, 2.75) is 31.3 Å². The van der Waals surface area contributed by atoms with E-state index in [1.165, 1.54) is 24.1 Å². The second-order valence-corrected chi connectivity index (χ2v) is 5.63. The second kappa shape index (κ2) is 3.70.